The van der Waals surface area contributed by atoms with Gasteiger partial charge in [-0.3, -0.25) is 0 Å². The number of aromatic carboxylic acids is 1. The molecule has 0 heterocycles. The summed E-state index contributed by atoms with van der Waals surface area (Å²) in [5.74, 6) is -0.0891. The Morgan fingerprint density at radius 3 is 2.48 bits per heavy atom. The largest absolute Gasteiger partial charge is 0.545 e. The highest BCUT2D eigenvalue weighted by Gasteiger charge is 2.74. The summed E-state index contributed by atoms with van der Waals surface area (Å²) in [5.41, 5.74) is 0.879. The zero-order valence-corrected chi connectivity index (χ0v) is 12.6. The molecule has 3 unspecified atom stereocenters. The fourth-order valence-corrected chi connectivity index (χ4v) is 5.89. The van der Waals surface area contributed by atoms with Crippen molar-refractivity contribution >= 4 is 5.97 Å². The van der Waals surface area contributed by atoms with E-state index in [1.165, 1.54) is 12.8 Å². The van der Waals surface area contributed by atoms with Gasteiger partial charge in [0.2, 0.25) is 0 Å². The van der Waals surface area contributed by atoms with Crippen molar-refractivity contribution in [1.82, 2.24) is 0 Å². The van der Waals surface area contributed by atoms with E-state index in [4.69, 9.17) is 0 Å². The van der Waals surface area contributed by atoms with E-state index in [1.54, 1.807) is 24.3 Å². The minimum Gasteiger partial charge on any atom is -0.545 e. The van der Waals surface area contributed by atoms with E-state index in [0.29, 0.717) is 16.7 Å². The van der Waals surface area contributed by atoms with Crippen molar-refractivity contribution < 1.29 is 15.0 Å². The van der Waals surface area contributed by atoms with Crippen LogP contribution in [0.3, 0.4) is 0 Å². The maximum absolute atomic E-state index is 11.2. The van der Waals surface area contributed by atoms with Gasteiger partial charge in [-0.05, 0) is 59.5 Å². The van der Waals surface area contributed by atoms with E-state index < -0.39 is 11.6 Å². The maximum atomic E-state index is 11.2. The summed E-state index contributed by atoms with van der Waals surface area (Å²) in [6.07, 6.45) is 4.47. The van der Waals surface area contributed by atoms with Gasteiger partial charge in [-0.2, -0.15) is 0 Å². The highest BCUT2D eigenvalue weighted by atomic mass is 16.4. The summed E-state index contributed by atoms with van der Waals surface area (Å²) >= 11 is 0. The molecule has 0 aliphatic heterocycles. The molecule has 21 heavy (non-hydrogen) atoms. The zero-order valence-electron chi connectivity index (χ0n) is 12.6. The van der Waals surface area contributed by atoms with Crippen LogP contribution >= 0.6 is 0 Å². The summed E-state index contributed by atoms with van der Waals surface area (Å²) in [7, 11) is 0. The quantitative estimate of drug-likeness (QED) is 0.905. The molecule has 1 N–H and O–H groups in total. The van der Waals surface area contributed by atoms with Crippen molar-refractivity contribution in [3.63, 3.8) is 0 Å². The van der Waals surface area contributed by atoms with Crippen LogP contribution in [0.1, 0.15) is 55.5 Å². The summed E-state index contributed by atoms with van der Waals surface area (Å²) in [6, 6.07) is 6.62. The molecule has 3 fully saturated rings. The SMILES string of the molecule is CC1(C)CC2CC3C1(C2)C[C@@]3(O)c1ccc(C(=O)[O-])cc1. The third-order valence-corrected chi connectivity index (χ3v) is 6.82. The van der Waals surface area contributed by atoms with E-state index in [0.717, 1.165) is 24.3 Å². The van der Waals surface area contributed by atoms with Crippen LogP contribution in [0.2, 0.25) is 0 Å². The number of fused-ring (bicyclic) bond motifs is 1. The molecular weight excluding hydrogens is 264 g/mol. The van der Waals surface area contributed by atoms with Crippen LogP contribution in [0.4, 0.5) is 0 Å². The van der Waals surface area contributed by atoms with Crippen LogP contribution < -0.4 is 5.11 Å². The minimum atomic E-state index is -1.17. The van der Waals surface area contributed by atoms with Gasteiger partial charge >= 0.3 is 0 Å². The van der Waals surface area contributed by atoms with Crippen LogP contribution in [0.15, 0.2) is 24.3 Å². The number of aliphatic hydroxyl groups is 1. The Morgan fingerprint density at radius 1 is 1.24 bits per heavy atom. The Balaban J connectivity index is 1.67. The Kier molecular flexibility index (Phi) is 2.34. The molecule has 1 aromatic rings. The van der Waals surface area contributed by atoms with Crippen LogP contribution in [0.25, 0.3) is 0 Å². The molecule has 0 saturated heterocycles. The van der Waals surface area contributed by atoms with Crippen molar-refractivity contribution in [2.24, 2.45) is 22.7 Å². The Hall–Kier alpha value is -1.35. The third-order valence-electron chi connectivity index (χ3n) is 6.82. The van der Waals surface area contributed by atoms with E-state index in [1.807, 2.05) is 0 Å². The zero-order chi connectivity index (χ0) is 15.0. The molecule has 3 saturated carbocycles. The average molecular weight is 285 g/mol. The lowest BCUT2D eigenvalue weighted by Crippen LogP contribution is -2.62. The summed E-state index contributed by atoms with van der Waals surface area (Å²) < 4.78 is 0. The predicted octanol–water partition coefficient (Wildman–Crippen LogP) is 2.08. The topological polar surface area (TPSA) is 60.4 Å². The van der Waals surface area contributed by atoms with Gasteiger partial charge in [0.1, 0.15) is 0 Å². The fourth-order valence-electron chi connectivity index (χ4n) is 5.89. The van der Waals surface area contributed by atoms with Gasteiger partial charge in [-0.15, -0.1) is 0 Å². The number of benzene rings is 1. The number of carboxylic acid groups (broad SMARTS) is 1. The second-order valence-corrected chi connectivity index (χ2v) is 8.07. The molecule has 3 aliphatic rings. The van der Waals surface area contributed by atoms with Gasteiger partial charge in [-0.1, -0.05) is 38.1 Å². The van der Waals surface area contributed by atoms with Crippen LogP contribution in [0.5, 0.6) is 0 Å². The molecule has 0 radical (unpaired) electrons. The predicted molar refractivity (Wildman–Crippen MR) is 76.3 cm³/mol. The smallest absolute Gasteiger partial charge is 0.0935 e. The van der Waals surface area contributed by atoms with E-state index in [-0.39, 0.29) is 5.56 Å². The van der Waals surface area contributed by atoms with Gasteiger partial charge in [-0.25, -0.2) is 0 Å². The van der Waals surface area contributed by atoms with Crippen molar-refractivity contribution in [3.8, 4) is 0 Å². The molecule has 3 aliphatic carbocycles. The van der Waals surface area contributed by atoms with Gasteiger partial charge in [0.05, 0.1) is 11.6 Å². The first-order chi connectivity index (χ1) is 9.78. The highest BCUT2D eigenvalue weighted by Crippen LogP contribution is 2.79. The molecule has 112 valence electrons. The number of carboxylic acids is 1. The van der Waals surface area contributed by atoms with Crippen molar-refractivity contribution in [1.29, 1.82) is 0 Å². The number of rotatable bonds is 2. The van der Waals surface area contributed by atoms with Gasteiger partial charge < -0.3 is 15.0 Å². The van der Waals surface area contributed by atoms with E-state index in [9.17, 15) is 15.0 Å². The number of carbonyl (C=O) groups excluding carboxylic acids is 1. The highest BCUT2D eigenvalue weighted by molar-refractivity contribution is 5.85. The van der Waals surface area contributed by atoms with Gasteiger partial charge in [0, 0.05) is 0 Å². The number of hydrogen-bond donors (Lipinski definition) is 1. The fraction of sp³-hybridized carbons (Fsp3) is 0.611. The summed E-state index contributed by atoms with van der Waals surface area (Å²) in [6.45, 7) is 4.69. The standard InChI is InChI=1S/C18H22O3/c1-16(2)8-11-7-14-17(16,9-11)10-18(14,21)13-5-3-12(4-6-13)15(19)20/h3-6,11,14,21H,7-10H2,1-2H3,(H,19,20)/p-1/t11?,14?,17?,18-/m1/s1. The maximum Gasteiger partial charge on any atom is 0.0935 e. The summed E-state index contributed by atoms with van der Waals surface area (Å²) in [5, 5.41) is 22.0. The molecule has 3 heteroatoms. The van der Waals surface area contributed by atoms with Crippen LogP contribution in [-0.2, 0) is 5.60 Å². The molecule has 4 rings (SSSR count). The van der Waals surface area contributed by atoms with E-state index >= 15 is 0 Å². The Labute approximate surface area is 125 Å². The molecule has 2 bridgehead atoms. The van der Waals surface area contributed by atoms with E-state index in [2.05, 4.69) is 13.8 Å². The van der Waals surface area contributed by atoms with Crippen molar-refractivity contribution in [3.05, 3.63) is 35.4 Å². The van der Waals surface area contributed by atoms with Crippen molar-refractivity contribution in [2.45, 2.75) is 45.1 Å². The van der Waals surface area contributed by atoms with Gasteiger partial charge in [0.15, 0.2) is 0 Å². The number of carbonyl (C=O) groups is 1. The first-order valence-corrected chi connectivity index (χ1v) is 7.83. The minimum absolute atomic E-state index is 0.171. The van der Waals surface area contributed by atoms with Crippen LogP contribution in [0, 0.1) is 22.7 Å². The molecule has 1 aromatic carbocycles. The molecule has 1 spiro atoms. The summed E-state index contributed by atoms with van der Waals surface area (Å²) in [4.78, 5) is 10.8. The Morgan fingerprint density at radius 2 is 1.90 bits per heavy atom. The van der Waals surface area contributed by atoms with Crippen LogP contribution in [-0.4, -0.2) is 11.1 Å². The number of hydrogen-bond acceptors (Lipinski definition) is 3. The monoisotopic (exact) mass is 285 g/mol. The molecule has 0 aromatic heterocycles. The lowest BCUT2D eigenvalue weighted by atomic mass is 9.42. The third kappa shape index (κ3) is 1.45. The first kappa shape index (κ1) is 13.3. The first-order valence-electron chi connectivity index (χ1n) is 7.83. The molecule has 3 nitrogen and oxygen atoms in total. The Bertz CT molecular complexity index is 618. The second kappa shape index (κ2) is 3.70. The molecule has 0 amide bonds. The van der Waals surface area contributed by atoms with Gasteiger partial charge in [0.25, 0.3) is 0 Å². The lowest BCUT2D eigenvalue weighted by Gasteiger charge is -2.64. The molecule has 4 atom stereocenters. The average Bonchev–Trinajstić information content (AvgIpc) is 2.86. The normalized spacial score (nSPS) is 42.4. The lowest BCUT2D eigenvalue weighted by molar-refractivity contribution is -0.255. The van der Waals surface area contributed by atoms with Crippen molar-refractivity contribution in [2.75, 3.05) is 0 Å². The molecular formula is C18H21O3-. The second-order valence-electron chi connectivity index (χ2n) is 8.07.